The smallest absolute Gasteiger partial charge is 0.361 e. The van der Waals surface area contributed by atoms with Crippen LogP contribution in [0.15, 0.2) is 0 Å². The second kappa shape index (κ2) is 3.41. The van der Waals surface area contributed by atoms with E-state index < -0.39 is 25.6 Å². The zero-order chi connectivity index (χ0) is 9.35. The highest BCUT2D eigenvalue weighted by Gasteiger charge is 2.46. The van der Waals surface area contributed by atoms with Crippen LogP contribution >= 0.6 is 7.60 Å². The average molecular weight is 198 g/mol. The molecule has 0 amide bonds. The molecule has 0 aromatic carbocycles. The molecule has 1 rings (SSSR count). The highest BCUT2D eigenvalue weighted by Crippen LogP contribution is 2.55. The molecular weight excluding hydrogens is 187 g/mol. The standard InChI is InChI=1S/C5H11O6P/c1-10-12(9)5(8)4(7)3(6)2-11-12/h3-8H,2H2,1H3. The van der Waals surface area contributed by atoms with Crippen LogP contribution in [-0.4, -0.2) is 47.1 Å². The minimum atomic E-state index is -3.63. The van der Waals surface area contributed by atoms with Gasteiger partial charge in [0.15, 0.2) is 5.85 Å². The lowest BCUT2D eigenvalue weighted by Crippen LogP contribution is -2.44. The van der Waals surface area contributed by atoms with Gasteiger partial charge in [-0.1, -0.05) is 0 Å². The van der Waals surface area contributed by atoms with Gasteiger partial charge in [-0.25, -0.2) is 0 Å². The zero-order valence-corrected chi connectivity index (χ0v) is 7.35. The highest BCUT2D eigenvalue weighted by atomic mass is 31.2. The number of aliphatic hydroxyl groups is 3. The molecule has 0 spiro atoms. The summed E-state index contributed by atoms with van der Waals surface area (Å²) in [6.45, 7) is -0.302. The molecule has 0 aliphatic carbocycles. The van der Waals surface area contributed by atoms with Gasteiger partial charge in [-0.05, 0) is 0 Å². The van der Waals surface area contributed by atoms with Crippen molar-refractivity contribution in [1.29, 1.82) is 0 Å². The molecule has 12 heavy (non-hydrogen) atoms. The van der Waals surface area contributed by atoms with Crippen LogP contribution in [0.5, 0.6) is 0 Å². The Kier molecular flexibility index (Phi) is 2.88. The molecule has 0 radical (unpaired) electrons. The molecule has 1 fully saturated rings. The Hall–Kier alpha value is 0.0300. The van der Waals surface area contributed by atoms with Gasteiger partial charge < -0.3 is 24.4 Å². The molecule has 72 valence electrons. The van der Waals surface area contributed by atoms with Gasteiger partial charge in [-0.2, -0.15) is 0 Å². The molecule has 1 heterocycles. The predicted octanol–water partition coefficient (Wildman–Crippen LogP) is -1.10. The van der Waals surface area contributed by atoms with Gasteiger partial charge in [-0.3, -0.25) is 4.57 Å². The SMILES string of the molecule is COP1(=O)OCC(O)C(O)C1O. The van der Waals surface area contributed by atoms with Crippen molar-refractivity contribution in [2.45, 2.75) is 18.1 Å². The van der Waals surface area contributed by atoms with Gasteiger partial charge in [0.05, 0.1) is 6.61 Å². The Labute approximate surface area is 69.3 Å². The van der Waals surface area contributed by atoms with Gasteiger partial charge in [0.25, 0.3) is 0 Å². The maximum absolute atomic E-state index is 11.3. The van der Waals surface area contributed by atoms with Crippen molar-refractivity contribution in [2.24, 2.45) is 0 Å². The summed E-state index contributed by atoms with van der Waals surface area (Å²) >= 11 is 0. The maximum Gasteiger partial charge on any atom is 0.361 e. The first-order valence-corrected chi connectivity index (χ1v) is 4.96. The lowest BCUT2D eigenvalue weighted by atomic mass is 10.2. The largest absolute Gasteiger partial charge is 0.388 e. The number of aliphatic hydroxyl groups excluding tert-OH is 3. The van der Waals surface area contributed by atoms with Crippen LogP contribution in [0.25, 0.3) is 0 Å². The predicted molar refractivity (Wildman–Crippen MR) is 38.6 cm³/mol. The molecule has 7 heteroatoms. The van der Waals surface area contributed by atoms with E-state index in [0.29, 0.717) is 0 Å². The van der Waals surface area contributed by atoms with E-state index in [1.54, 1.807) is 0 Å². The molecule has 1 saturated heterocycles. The molecular formula is C5H11O6P. The minimum Gasteiger partial charge on any atom is -0.388 e. The van der Waals surface area contributed by atoms with Gasteiger partial charge in [0.1, 0.15) is 12.2 Å². The zero-order valence-electron chi connectivity index (χ0n) is 6.45. The third-order valence-corrected chi connectivity index (χ3v) is 3.67. The van der Waals surface area contributed by atoms with Crippen LogP contribution in [-0.2, 0) is 13.6 Å². The van der Waals surface area contributed by atoms with Gasteiger partial charge in [0, 0.05) is 7.11 Å². The quantitative estimate of drug-likeness (QED) is 0.462. The maximum atomic E-state index is 11.3. The summed E-state index contributed by atoms with van der Waals surface area (Å²) in [5.41, 5.74) is 0. The molecule has 4 atom stereocenters. The average Bonchev–Trinajstić information content (AvgIpc) is 2.09. The lowest BCUT2D eigenvalue weighted by molar-refractivity contribution is -0.0797. The molecule has 1 aliphatic heterocycles. The second-order valence-corrected chi connectivity index (χ2v) is 4.72. The van der Waals surface area contributed by atoms with Crippen LogP contribution in [0, 0.1) is 0 Å². The summed E-state index contributed by atoms with van der Waals surface area (Å²) in [6.07, 6.45) is -2.71. The van der Waals surface area contributed by atoms with E-state index >= 15 is 0 Å². The molecule has 6 nitrogen and oxygen atoms in total. The fourth-order valence-electron chi connectivity index (χ4n) is 0.902. The number of hydrogen-bond donors (Lipinski definition) is 3. The Morgan fingerprint density at radius 1 is 1.50 bits per heavy atom. The molecule has 0 aromatic heterocycles. The molecule has 3 N–H and O–H groups in total. The minimum absolute atomic E-state index is 0.302. The molecule has 0 aromatic rings. The van der Waals surface area contributed by atoms with Gasteiger partial charge in [-0.15, -0.1) is 0 Å². The number of hydrogen-bond acceptors (Lipinski definition) is 6. The summed E-state index contributed by atoms with van der Waals surface area (Å²) in [5, 5.41) is 27.2. The van der Waals surface area contributed by atoms with Crippen molar-refractivity contribution >= 4 is 7.60 Å². The summed E-state index contributed by atoms with van der Waals surface area (Å²) in [6, 6.07) is 0. The highest BCUT2D eigenvalue weighted by molar-refractivity contribution is 7.54. The van der Waals surface area contributed by atoms with Crippen LogP contribution in [0.2, 0.25) is 0 Å². The third kappa shape index (κ3) is 1.54. The topological polar surface area (TPSA) is 96.2 Å². The first-order valence-electron chi connectivity index (χ1n) is 3.35. The lowest BCUT2D eigenvalue weighted by Gasteiger charge is -2.33. The summed E-state index contributed by atoms with van der Waals surface area (Å²) in [4.78, 5) is 0. The molecule has 4 unspecified atom stereocenters. The van der Waals surface area contributed by atoms with Crippen molar-refractivity contribution < 1.29 is 28.9 Å². The monoisotopic (exact) mass is 198 g/mol. The Morgan fingerprint density at radius 2 is 2.08 bits per heavy atom. The van der Waals surface area contributed by atoms with E-state index in [0.717, 1.165) is 7.11 Å². The van der Waals surface area contributed by atoms with Crippen LogP contribution in [0.1, 0.15) is 0 Å². The van der Waals surface area contributed by atoms with E-state index in [-0.39, 0.29) is 6.61 Å². The normalized spacial score (nSPS) is 49.2. The fourth-order valence-corrected chi connectivity index (χ4v) is 2.31. The van der Waals surface area contributed by atoms with Gasteiger partial charge in [0.2, 0.25) is 0 Å². The van der Waals surface area contributed by atoms with E-state index in [2.05, 4.69) is 9.05 Å². The van der Waals surface area contributed by atoms with E-state index in [4.69, 9.17) is 15.3 Å². The Bertz CT molecular complexity index is 206. The Balaban J connectivity index is 2.78. The fraction of sp³-hybridized carbons (Fsp3) is 1.00. The molecule has 0 bridgehead atoms. The van der Waals surface area contributed by atoms with Crippen LogP contribution < -0.4 is 0 Å². The van der Waals surface area contributed by atoms with Crippen molar-refractivity contribution in [3.05, 3.63) is 0 Å². The second-order valence-electron chi connectivity index (χ2n) is 2.49. The molecule has 1 aliphatic rings. The van der Waals surface area contributed by atoms with Crippen molar-refractivity contribution in [3.63, 3.8) is 0 Å². The first-order chi connectivity index (χ1) is 5.51. The Morgan fingerprint density at radius 3 is 2.58 bits per heavy atom. The summed E-state index contributed by atoms with van der Waals surface area (Å²) in [7, 11) is -2.53. The number of rotatable bonds is 1. The molecule has 0 saturated carbocycles. The van der Waals surface area contributed by atoms with Crippen LogP contribution in [0.4, 0.5) is 0 Å². The first kappa shape index (κ1) is 10.1. The van der Waals surface area contributed by atoms with Crippen molar-refractivity contribution in [2.75, 3.05) is 13.7 Å². The van der Waals surface area contributed by atoms with E-state index in [1.165, 1.54) is 0 Å². The van der Waals surface area contributed by atoms with Gasteiger partial charge >= 0.3 is 7.60 Å². The van der Waals surface area contributed by atoms with Crippen molar-refractivity contribution in [1.82, 2.24) is 0 Å². The van der Waals surface area contributed by atoms with E-state index in [9.17, 15) is 4.57 Å². The van der Waals surface area contributed by atoms with Crippen LogP contribution in [0.3, 0.4) is 0 Å². The van der Waals surface area contributed by atoms with Crippen molar-refractivity contribution in [3.8, 4) is 0 Å². The summed E-state index contributed by atoms with van der Waals surface area (Å²) < 4.78 is 20.3. The third-order valence-electron chi connectivity index (χ3n) is 1.70. The van der Waals surface area contributed by atoms with E-state index in [1.807, 2.05) is 0 Å². The summed E-state index contributed by atoms with van der Waals surface area (Å²) in [5.74, 6) is -1.67.